The van der Waals surface area contributed by atoms with Crippen molar-refractivity contribution in [3.63, 3.8) is 0 Å². The molecule has 4 nitrogen and oxygen atoms in total. The van der Waals surface area contributed by atoms with Crippen LogP contribution in [0.3, 0.4) is 0 Å². The van der Waals surface area contributed by atoms with Crippen molar-refractivity contribution in [3.8, 4) is 0 Å². The molecule has 0 aliphatic heterocycles. The molecule has 0 bridgehead atoms. The van der Waals surface area contributed by atoms with Crippen molar-refractivity contribution in [1.82, 2.24) is 0 Å². The van der Waals surface area contributed by atoms with Crippen LogP contribution in [0.5, 0.6) is 0 Å². The Balaban J connectivity index is 3.90. The van der Waals surface area contributed by atoms with Crippen molar-refractivity contribution in [3.05, 3.63) is 24.3 Å². The molecule has 21 heavy (non-hydrogen) atoms. The SMILES string of the molecule is CC/C=C\C/C=C\C=NCOC(=O)OC(C(C)C)C(C)C. The van der Waals surface area contributed by atoms with Gasteiger partial charge in [-0.25, -0.2) is 4.79 Å². The van der Waals surface area contributed by atoms with Gasteiger partial charge in [0, 0.05) is 6.21 Å². The molecule has 0 fully saturated rings. The highest BCUT2D eigenvalue weighted by molar-refractivity contribution is 5.71. The smallest absolute Gasteiger partial charge is 0.430 e. The standard InChI is InChI=1S/C17H29NO3/c1-6-7-8-9-10-11-12-18-13-20-17(19)21-16(14(2)3)15(4)5/h7-8,10-12,14-16H,6,9,13H2,1-5H3/b8-7-,11-10-,18-12?. The van der Waals surface area contributed by atoms with Crippen LogP contribution in [-0.4, -0.2) is 25.2 Å². The highest BCUT2D eigenvalue weighted by Gasteiger charge is 2.22. The van der Waals surface area contributed by atoms with E-state index in [2.05, 4.69) is 24.1 Å². The summed E-state index contributed by atoms with van der Waals surface area (Å²) in [6.45, 7) is 10.2. The fourth-order valence-corrected chi connectivity index (χ4v) is 1.86. The maximum absolute atomic E-state index is 11.5. The van der Waals surface area contributed by atoms with Crippen molar-refractivity contribution in [2.45, 2.75) is 53.6 Å². The van der Waals surface area contributed by atoms with Gasteiger partial charge in [-0.1, -0.05) is 52.8 Å². The molecule has 0 aliphatic carbocycles. The minimum atomic E-state index is -0.658. The molecule has 0 unspecified atom stereocenters. The van der Waals surface area contributed by atoms with Gasteiger partial charge >= 0.3 is 6.16 Å². The molecule has 0 amide bonds. The largest absolute Gasteiger partial charge is 0.510 e. The van der Waals surface area contributed by atoms with Crippen LogP contribution >= 0.6 is 0 Å². The van der Waals surface area contributed by atoms with Crippen molar-refractivity contribution in [2.75, 3.05) is 6.73 Å². The number of ether oxygens (including phenoxy) is 2. The molecular formula is C17H29NO3. The fourth-order valence-electron chi connectivity index (χ4n) is 1.86. The number of carbonyl (C=O) groups is 1. The lowest BCUT2D eigenvalue weighted by Gasteiger charge is -2.23. The molecule has 120 valence electrons. The number of nitrogens with zero attached hydrogens (tertiary/aromatic N) is 1. The van der Waals surface area contributed by atoms with Crippen LogP contribution in [0.4, 0.5) is 4.79 Å². The van der Waals surface area contributed by atoms with Gasteiger partial charge < -0.3 is 9.47 Å². The summed E-state index contributed by atoms with van der Waals surface area (Å²) < 4.78 is 10.2. The lowest BCUT2D eigenvalue weighted by atomic mass is 9.96. The number of hydrogen-bond donors (Lipinski definition) is 0. The van der Waals surface area contributed by atoms with Crippen LogP contribution < -0.4 is 0 Å². The number of aliphatic imine (C=N–C) groups is 1. The topological polar surface area (TPSA) is 47.9 Å². The Labute approximate surface area is 128 Å². The van der Waals surface area contributed by atoms with Crippen molar-refractivity contribution in [1.29, 1.82) is 0 Å². The third-order valence-electron chi connectivity index (χ3n) is 2.81. The molecule has 0 rings (SSSR count). The number of rotatable bonds is 9. The second-order valence-corrected chi connectivity index (χ2v) is 5.47. The third kappa shape index (κ3) is 10.8. The summed E-state index contributed by atoms with van der Waals surface area (Å²) in [7, 11) is 0. The first kappa shape index (κ1) is 19.4. The molecule has 0 saturated carbocycles. The predicted octanol–water partition coefficient (Wildman–Crippen LogP) is 4.76. The van der Waals surface area contributed by atoms with E-state index in [1.54, 1.807) is 6.21 Å². The predicted molar refractivity (Wildman–Crippen MR) is 87.6 cm³/mol. The van der Waals surface area contributed by atoms with E-state index >= 15 is 0 Å². The molecule has 0 aromatic rings. The summed E-state index contributed by atoms with van der Waals surface area (Å²) in [6.07, 6.45) is 10.8. The number of hydrogen-bond acceptors (Lipinski definition) is 4. The van der Waals surface area contributed by atoms with E-state index in [4.69, 9.17) is 9.47 Å². The zero-order chi connectivity index (χ0) is 16.1. The summed E-state index contributed by atoms with van der Waals surface area (Å²) in [5, 5.41) is 0. The first-order valence-electron chi connectivity index (χ1n) is 7.62. The van der Waals surface area contributed by atoms with Gasteiger partial charge in [0.1, 0.15) is 6.10 Å². The summed E-state index contributed by atoms with van der Waals surface area (Å²) in [5.41, 5.74) is 0. The first-order valence-corrected chi connectivity index (χ1v) is 7.62. The van der Waals surface area contributed by atoms with Gasteiger partial charge in [0.25, 0.3) is 0 Å². The average molecular weight is 295 g/mol. The summed E-state index contributed by atoms with van der Waals surface area (Å²) in [4.78, 5) is 15.5. The molecular weight excluding hydrogens is 266 g/mol. The monoisotopic (exact) mass is 295 g/mol. The van der Waals surface area contributed by atoms with Gasteiger partial charge in [0.05, 0.1) is 0 Å². The van der Waals surface area contributed by atoms with Crippen LogP contribution in [0.1, 0.15) is 47.5 Å². The van der Waals surface area contributed by atoms with E-state index in [0.29, 0.717) is 0 Å². The Morgan fingerprint density at radius 2 is 1.76 bits per heavy atom. The van der Waals surface area contributed by atoms with Crippen LogP contribution in [0.25, 0.3) is 0 Å². The molecule has 0 N–H and O–H groups in total. The van der Waals surface area contributed by atoms with Gasteiger partial charge in [-0.15, -0.1) is 0 Å². The Morgan fingerprint density at radius 3 is 2.33 bits per heavy atom. The maximum atomic E-state index is 11.5. The van der Waals surface area contributed by atoms with E-state index in [-0.39, 0.29) is 24.7 Å². The number of carbonyl (C=O) groups excluding carboxylic acids is 1. The minimum absolute atomic E-state index is 0.0170. The maximum Gasteiger partial charge on any atom is 0.510 e. The molecule has 0 radical (unpaired) electrons. The highest BCUT2D eigenvalue weighted by atomic mass is 16.7. The second kappa shape index (κ2) is 12.2. The summed E-state index contributed by atoms with van der Waals surface area (Å²) >= 11 is 0. The molecule has 0 aromatic carbocycles. The van der Waals surface area contributed by atoms with Gasteiger partial charge in [0.2, 0.25) is 0 Å². The lowest BCUT2D eigenvalue weighted by Crippen LogP contribution is -2.29. The van der Waals surface area contributed by atoms with Crippen molar-refractivity contribution in [2.24, 2.45) is 16.8 Å². The first-order chi connectivity index (χ1) is 9.99. The zero-order valence-corrected chi connectivity index (χ0v) is 13.9. The second-order valence-electron chi connectivity index (χ2n) is 5.47. The molecule has 4 heteroatoms. The van der Waals surface area contributed by atoms with Gasteiger partial charge in [-0.05, 0) is 30.8 Å². The summed E-state index contributed by atoms with van der Waals surface area (Å²) in [5.74, 6) is 0.528. The molecule has 0 aromatic heterocycles. The van der Waals surface area contributed by atoms with Crippen molar-refractivity contribution >= 4 is 12.4 Å². The quantitative estimate of drug-likeness (QED) is 0.350. The van der Waals surface area contributed by atoms with E-state index in [1.165, 1.54) is 0 Å². The Bertz CT molecular complexity index is 349. The van der Waals surface area contributed by atoms with E-state index in [1.807, 2.05) is 39.8 Å². The molecule has 0 spiro atoms. The van der Waals surface area contributed by atoms with Gasteiger partial charge in [-0.3, -0.25) is 4.99 Å². The lowest BCUT2D eigenvalue weighted by molar-refractivity contribution is -0.00927. The third-order valence-corrected chi connectivity index (χ3v) is 2.81. The van der Waals surface area contributed by atoms with Gasteiger partial charge in [0.15, 0.2) is 6.73 Å². The molecule has 0 atom stereocenters. The molecule has 0 aliphatic rings. The minimum Gasteiger partial charge on any atom is -0.430 e. The molecule has 0 heterocycles. The Hall–Kier alpha value is -1.58. The van der Waals surface area contributed by atoms with E-state index in [0.717, 1.165) is 12.8 Å². The van der Waals surface area contributed by atoms with Crippen molar-refractivity contribution < 1.29 is 14.3 Å². The van der Waals surface area contributed by atoms with E-state index < -0.39 is 6.16 Å². The Morgan fingerprint density at radius 1 is 1.10 bits per heavy atom. The summed E-state index contributed by atoms with van der Waals surface area (Å²) in [6, 6.07) is 0. The fraction of sp³-hybridized carbons (Fsp3) is 0.647. The van der Waals surface area contributed by atoms with Crippen LogP contribution in [0, 0.1) is 11.8 Å². The number of allylic oxidation sites excluding steroid dienone is 4. The van der Waals surface area contributed by atoms with Crippen LogP contribution in [-0.2, 0) is 9.47 Å². The zero-order valence-electron chi connectivity index (χ0n) is 13.9. The Kier molecular flexibility index (Phi) is 11.3. The highest BCUT2D eigenvalue weighted by Crippen LogP contribution is 2.16. The van der Waals surface area contributed by atoms with E-state index in [9.17, 15) is 4.79 Å². The average Bonchev–Trinajstić information content (AvgIpc) is 2.42. The van der Waals surface area contributed by atoms with Crippen LogP contribution in [0.2, 0.25) is 0 Å². The molecule has 0 saturated heterocycles. The van der Waals surface area contributed by atoms with Crippen LogP contribution in [0.15, 0.2) is 29.3 Å². The normalized spacial score (nSPS) is 12.6. The van der Waals surface area contributed by atoms with Gasteiger partial charge in [-0.2, -0.15) is 0 Å².